The number of fused-ring (bicyclic) bond motifs is 2. The van der Waals surface area contributed by atoms with E-state index in [9.17, 15) is 14.9 Å². The minimum absolute atomic E-state index is 0.0665. The second kappa shape index (κ2) is 6.02. The molecule has 1 aliphatic rings. The van der Waals surface area contributed by atoms with Crippen LogP contribution in [0.4, 0.5) is 5.69 Å². The summed E-state index contributed by atoms with van der Waals surface area (Å²) in [5.74, 6) is -0.349. The molecule has 112 valence electrons. The normalized spacial score (nSPS) is 12.2. The van der Waals surface area contributed by atoms with Crippen LogP contribution in [0.25, 0.3) is 0 Å². The van der Waals surface area contributed by atoms with Crippen molar-refractivity contribution < 1.29 is 14.5 Å². The van der Waals surface area contributed by atoms with Gasteiger partial charge in [-0.2, -0.15) is 0 Å². The van der Waals surface area contributed by atoms with Gasteiger partial charge in [0, 0.05) is 31.7 Å². The monoisotopic (exact) mass is 333 g/mol. The van der Waals surface area contributed by atoms with Gasteiger partial charge < -0.3 is 4.74 Å². The molecule has 7 heteroatoms. The molecule has 0 bridgehead atoms. The van der Waals surface area contributed by atoms with E-state index in [1.54, 1.807) is 31.2 Å². The molecule has 0 atom stereocenters. The maximum atomic E-state index is 12.0. The fourth-order valence-electron chi connectivity index (χ4n) is 2.07. The van der Waals surface area contributed by atoms with E-state index in [-0.39, 0.29) is 11.7 Å². The third-order valence-corrected chi connectivity index (χ3v) is 5.64. The van der Waals surface area contributed by atoms with Crippen molar-refractivity contribution in [3.63, 3.8) is 0 Å². The van der Waals surface area contributed by atoms with E-state index in [0.717, 1.165) is 19.6 Å². The van der Waals surface area contributed by atoms with Crippen LogP contribution >= 0.6 is 23.5 Å². The van der Waals surface area contributed by atoms with E-state index < -0.39 is 4.92 Å². The summed E-state index contributed by atoms with van der Waals surface area (Å²) >= 11 is 2.87. The van der Waals surface area contributed by atoms with Crippen molar-refractivity contribution in [3.8, 4) is 0 Å². The molecule has 2 aromatic carbocycles. The van der Waals surface area contributed by atoms with Crippen molar-refractivity contribution in [2.45, 2.75) is 26.5 Å². The van der Waals surface area contributed by atoms with Crippen LogP contribution in [0.1, 0.15) is 17.3 Å². The van der Waals surface area contributed by atoms with Crippen LogP contribution in [-0.4, -0.2) is 17.5 Å². The van der Waals surface area contributed by atoms with Gasteiger partial charge in [-0.1, -0.05) is 29.6 Å². The quantitative estimate of drug-likeness (QED) is 0.402. The average molecular weight is 333 g/mol. The summed E-state index contributed by atoms with van der Waals surface area (Å²) in [6, 6.07) is 10.2. The van der Waals surface area contributed by atoms with Crippen LogP contribution in [0.15, 0.2) is 56.0 Å². The first kappa shape index (κ1) is 14.9. The fraction of sp³-hybridized carbons (Fsp3) is 0.133. The second-order valence-corrected chi connectivity index (χ2v) is 6.58. The largest absolute Gasteiger partial charge is 0.462 e. The minimum atomic E-state index is -0.407. The van der Waals surface area contributed by atoms with Gasteiger partial charge in [0.1, 0.15) is 0 Å². The smallest absolute Gasteiger partial charge is 0.339 e. The molecule has 0 unspecified atom stereocenters. The molecule has 0 aromatic heterocycles. The Kier molecular flexibility index (Phi) is 4.08. The summed E-state index contributed by atoms with van der Waals surface area (Å²) in [6.45, 7) is 2.09. The van der Waals surface area contributed by atoms with Gasteiger partial charge in [0.15, 0.2) is 0 Å². The third-order valence-electron chi connectivity index (χ3n) is 3.04. The topological polar surface area (TPSA) is 69.4 Å². The van der Waals surface area contributed by atoms with Crippen LogP contribution in [0.2, 0.25) is 0 Å². The Morgan fingerprint density at radius 2 is 2.00 bits per heavy atom. The summed E-state index contributed by atoms with van der Waals surface area (Å²) in [7, 11) is 0. The number of carbonyl (C=O) groups excluding carboxylic acids is 1. The maximum absolute atomic E-state index is 12.0. The number of hydrogen-bond acceptors (Lipinski definition) is 6. The number of nitrogens with zero attached hydrogens (tertiary/aromatic N) is 1. The highest BCUT2D eigenvalue weighted by Crippen LogP contribution is 2.50. The lowest BCUT2D eigenvalue weighted by molar-refractivity contribution is -0.385. The number of benzene rings is 2. The number of non-ortho nitro benzene ring substituents is 1. The van der Waals surface area contributed by atoms with E-state index >= 15 is 0 Å². The second-order valence-electron chi connectivity index (χ2n) is 4.45. The van der Waals surface area contributed by atoms with Crippen molar-refractivity contribution in [2.75, 3.05) is 6.61 Å². The Balaban J connectivity index is 2.01. The molecular formula is C15H11NO4S2. The average Bonchev–Trinajstić information content (AvgIpc) is 2.51. The van der Waals surface area contributed by atoms with E-state index in [1.165, 1.54) is 29.6 Å². The van der Waals surface area contributed by atoms with E-state index in [4.69, 9.17) is 4.74 Å². The summed E-state index contributed by atoms with van der Waals surface area (Å²) in [5, 5.41) is 10.9. The van der Waals surface area contributed by atoms with Crippen molar-refractivity contribution in [1.82, 2.24) is 0 Å². The molecule has 0 saturated carbocycles. The Morgan fingerprint density at radius 3 is 2.73 bits per heavy atom. The Bertz CT molecular complexity index is 776. The van der Waals surface area contributed by atoms with Gasteiger partial charge in [0.05, 0.1) is 17.1 Å². The SMILES string of the molecule is CCOC(=O)c1cccc2c1Sc1ccc([N+](=O)[O-])cc1S2. The molecule has 22 heavy (non-hydrogen) atoms. The van der Waals surface area contributed by atoms with E-state index in [0.29, 0.717) is 12.2 Å². The van der Waals surface area contributed by atoms with Crippen LogP contribution in [-0.2, 0) is 4.74 Å². The number of ether oxygens (including phenoxy) is 1. The number of nitro benzene ring substituents is 1. The number of rotatable bonds is 3. The molecule has 0 spiro atoms. The standard InChI is InChI=1S/C15H11NO4S2/c1-2-20-15(17)10-4-3-5-12-14(10)22-11-7-6-9(16(18)19)8-13(11)21-12/h3-8H,2H2,1H3. The van der Waals surface area contributed by atoms with E-state index in [1.807, 2.05) is 6.07 Å². The van der Waals surface area contributed by atoms with Crippen LogP contribution in [0, 0.1) is 10.1 Å². The highest BCUT2D eigenvalue weighted by Gasteiger charge is 2.24. The van der Waals surface area contributed by atoms with Crippen LogP contribution < -0.4 is 0 Å². The summed E-state index contributed by atoms with van der Waals surface area (Å²) in [6.07, 6.45) is 0. The molecule has 0 aliphatic carbocycles. The molecule has 1 heterocycles. The first-order chi connectivity index (χ1) is 10.6. The predicted molar refractivity (Wildman–Crippen MR) is 83.7 cm³/mol. The van der Waals surface area contributed by atoms with E-state index in [2.05, 4.69) is 0 Å². The molecule has 2 aromatic rings. The van der Waals surface area contributed by atoms with Crippen molar-refractivity contribution in [3.05, 3.63) is 52.1 Å². The third kappa shape index (κ3) is 2.69. The summed E-state index contributed by atoms with van der Waals surface area (Å²) < 4.78 is 5.08. The van der Waals surface area contributed by atoms with Crippen LogP contribution in [0.3, 0.4) is 0 Å². The van der Waals surface area contributed by atoms with Gasteiger partial charge in [0.2, 0.25) is 0 Å². The van der Waals surface area contributed by atoms with Crippen LogP contribution in [0.5, 0.6) is 0 Å². The highest BCUT2D eigenvalue weighted by atomic mass is 32.2. The van der Waals surface area contributed by atoms with Gasteiger partial charge in [-0.3, -0.25) is 10.1 Å². The summed E-state index contributed by atoms with van der Waals surface area (Å²) in [4.78, 5) is 26.0. The van der Waals surface area contributed by atoms with Gasteiger partial charge in [0.25, 0.3) is 5.69 Å². The summed E-state index contributed by atoms with van der Waals surface area (Å²) in [5.41, 5.74) is 0.595. The zero-order chi connectivity index (χ0) is 15.7. The molecule has 0 radical (unpaired) electrons. The molecule has 5 nitrogen and oxygen atoms in total. The predicted octanol–water partition coefficient (Wildman–Crippen LogP) is 4.39. The molecule has 0 fully saturated rings. The van der Waals surface area contributed by atoms with Gasteiger partial charge in [-0.15, -0.1) is 0 Å². The first-order valence-corrected chi connectivity index (χ1v) is 8.17. The Hall–Kier alpha value is -1.99. The molecule has 0 N–H and O–H groups in total. The minimum Gasteiger partial charge on any atom is -0.462 e. The fourth-order valence-corrected chi connectivity index (χ4v) is 4.45. The molecule has 0 saturated heterocycles. The highest BCUT2D eigenvalue weighted by molar-refractivity contribution is 8.05. The zero-order valence-corrected chi connectivity index (χ0v) is 13.2. The Labute approximate surface area is 135 Å². The molecule has 3 rings (SSSR count). The lowest BCUT2D eigenvalue weighted by Crippen LogP contribution is -2.07. The van der Waals surface area contributed by atoms with Gasteiger partial charge >= 0.3 is 5.97 Å². The van der Waals surface area contributed by atoms with Crippen molar-refractivity contribution in [1.29, 1.82) is 0 Å². The molecule has 0 amide bonds. The van der Waals surface area contributed by atoms with Crippen molar-refractivity contribution in [2.24, 2.45) is 0 Å². The molecular weight excluding hydrogens is 322 g/mol. The van der Waals surface area contributed by atoms with Gasteiger partial charge in [-0.05, 0) is 25.1 Å². The lowest BCUT2D eigenvalue weighted by Gasteiger charge is -2.20. The first-order valence-electron chi connectivity index (χ1n) is 6.54. The Morgan fingerprint density at radius 1 is 1.18 bits per heavy atom. The number of hydrogen-bond donors (Lipinski definition) is 0. The number of carbonyl (C=O) groups is 1. The van der Waals surface area contributed by atoms with Crippen molar-refractivity contribution >= 4 is 35.2 Å². The number of esters is 1. The zero-order valence-electron chi connectivity index (χ0n) is 11.6. The molecule has 1 aliphatic heterocycles. The van der Waals surface area contributed by atoms with Gasteiger partial charge in [-0.25, -0.2) is 4.79 Å². The number of nitro groups is 1. The lowest BCUT2D eigenvalue weighted by atomic mass is 10.2. The maximum Gasteiger partial charge on any atom is 0.339 e.